The standard InChI is InChI=1S/C22H20F2N4O3S/c1-14(20-7-3-15-9-17(32(2,30)31)5-8-21(15)27-20)22(29,11-28-13-25-12-26-28)18-6-4-16(23)10-19(18)24/h3-10,12-14,29H,11H2,1-2H3. The molecule has 10 heteroatoms. The van der Waals surface area contributed by atoms with Gasteiger partial charge in [0.05, 0.1) is 17.0 Å². The van der Waals surface area contributed by atoms with Gasteiger partial charge >= 0.3 is 0 Å². The van der Waals surface area contributed by atoms with Gasteiger partial charge in [0.2, 0.25) is 0 Å². The van der Waals surface area contributed by atoms with Crippen molar-refractivity contribution in [3.8, 4) is 0 Å². The van der Waals surface area contributed by atoms with Gasteiger partial charge < -0.3 is 5.11 Å². The molecule has 2 unspecified atom stereocenters. The van der Waals surface area contributed by atoms with E-state index < -0.39 is 33.0 Å². The predicted molar refractivity (Wildman–Crippen MR) is 114 cm³/mol. The normalized spacial score (nSPS) is 14.9. The molecule has 0 amide bonds. The molecule has 4 rings (SSSR count). The van der Waals surface area contributed by atoms with E-state index in [0.717, 1.165) is 18.4 Å². The molecular weight excluding hydrogens is 438 g/mol. The van der Waals surface area contributed by atoms with Crippen LogP contribution in [-0.2, 0) is 22.0 Å². The summed E-state index contributed by atoms with van der Waals surface area (Å²) in [5, 5.41) is 16.3. The van der Waals surface area contributed by atoms with E-state index >= 15 is 0 Å². The van der Waals surface area contributed by atoms with Crippen LogP contribution in [0.2, 0.25) is 0 Å². The van der Waals surface area contributed by atoms with Gasteiger partial charge in [-0.3, -0.25) is 4.98 Å². The van der Waals surface area contributed by atoms with Crippen LogP contribution in [0.15, 0.2) is 66.1 Å². The van der Waals surface area contributed by atoms with Crippen molar-refractivity contribution in [2.75, 3.05) is 6.26 Å². The molecule has 1 N–H and O–H groups in total. The molecule has 0 spiro atoms. The number of aliphatic hydroxyl groups is 1. The summed E-state index contributed by atoms with van der Waals surface area (Å²) < 4.78 is 53.3. The molecule has 32 heavy (non-hydrogen) atoms. The summed E-state index contributed by atoms with van der Waals surface area (Å²) in [5.41, 5.74) is -0.977. The number of nitrogens with zero attached hydrogens (tertiary/aromatic N) is 4. The number of aromatic nitrogens is 4. The first-order chi connectivity index (χ1) is 15.1. The zero-order valence-corrected chi connectivity index (χ0v) is 18.1. The molecule has 166 valence electrons. The Morgan fingerprint density at radius 2 is 1.91 bits per heavy atom. The van der Waals surface area contributed by atoms with Crippen molar-refractivity contribution in [3.63, 3.8) is 0 Å². The molecule has 2 aromatic carbocycles. The highest BCUT2D eigenvalue weighted by atomic mass is 32.2. The first-order valence-corrected chi connectivity index (χ1v) is 11.6. The van der Waals surface area contributed by atoms with Crippen LogP contribution in [0.4, 0.5) is 8.78 Å². The van der Waals surface area contributed by atoms with Crippen LogP contribution in [0.3, 0.4) is 0 Å². The van der Waals surface area contributed by atoms with Crippen LogP contribution in [0.1, 0.15) is 24.1 Å². The fourth-order valence-electron chi connectivity index (χ4n) is 3.69. The van der Waals surface area contributed by atoms with Gasteiger partial charge in [-0.1, -0.05) is 19.1 Å². The minimum atomic E-state index is -3.37. The van der Waals surface area contributed by atoms with E-state index in [-0.39, 0.29) is 17.0 Å². The second kappa shape index (κ2) is 8.03. The van der Waals surface area contributed by atoms with Crippen LogP contribution in [0, 0.1) is 11.6 Å². The van der Waals surface area contributed by atoms with Crippen LogP contribution >= 0.6 is 0 Å². The van der Waals surface area contributed by atoms with Crippen molar-refractivity contribution in [2.24, 2.45) is 0 Å². The molecule has 0 saturated carbocycles. The highest BCUT2D eigenvalue weighted by Crippen LogP contribution is 2.39. The molecule has 0 radical (unpaired) electrons. The third-order valence-corrected chi connectivity index (χ3v) is 6.65. The Bertz CT molecular complexity index is 1390. The van der Waals surface area contributed by atoms with Crippen LogP contribution in [0.5, 0.6) is 0 Å². The van der Waals surface area contributed by atoms with Gasteiger partial charge in [-0.15, -0.1) is 0 Å². The molecule has 0 fully saturated rings. The lowest BCUT2D eigenvalue weighted by atomic mass is 9.79. The van der Waals surface area contributed by atoms with E-state index in [0.29, 0.717) is 16.6 Å². The van der Waals surface area contributed by atoms with Crippen molar-refractivity contribution in [3.05, 3.63) is 84.1 Å². The lowest BCUT2D eigenvalue weighted by Gasteiger charge is -2.34. The van der Waals surface area contributed by atoms with Crippen LogP contribution < -0.4 is 0 Å². The Hall–Kier alpha value is -3.24. The SMILES string of the molecule is CC(c1ccc2cc(S(C)(=O)=O)ccc2n1)C(O)(Cn1cncn1)c1ccc(F)cc1F. The van der Waals surface area contributed by atoms with Gasteiger partial charge in [0.1, 0.15) is 29.9 Å². The number of rotatable bonds is 6. The Morgan fingerprint density at radius 1 is 1.12 bits per heavy atom. The molecule has 0 aliphatic rings. The first-order valence-electron chi connectivity index (χ1n) is 9.69. The average Bonchev–Trinajstić information content (AvgIpc) is 3.24. The monoisotopic (exact) mass is 458 g/mol. The van der Waals surface area contributed by atoms with Gasteiger partial charge in [0.25, 0.3) is 0 Å². The number of pyridine rings is 1. The molecule has 4 aromatic rings. The molecule has 2 aromatic heterocycles. The molecule has 0 aliphatic heterocycles. The molecule has 0 aliphatic carbocycles. The maximum Gasteiger partial charge on any atom is 0.175 e. The van der Waals surface area contributed by atoms with Crippen LogP contribution in [0.25, 0.3) is 10.9 Å². The Labute approximate surface area is 183 Å². The van der Waals surface area contributed by atoms with Crippen molar-refractivity contribution in [1.29, 1.82) is 0 Å². The number of halogens is 2. The number of hydrogen-bond donors (Lipinski definition) is 1. The number of hydrogen-bond acceptors (Lipinski definition) is 6. The minimum absolute atomic E-state index is 0.101. The van der Waals surface area contributed by atoms with Crippen LogP contribution in [-0.4, -0.2) is 39.5 Å². The third kappa shape index (κ3) is 4.11. The summed E-state index contributed by atoms with van der Waals surface area (Å²) in [5.74, 6) is -2.39. The lowest BCUT2D eigenvalue weighted by Crippen LogP contribution is -2.38. The highest BCUT2D eigenvalue weighted by molar-refractivity contribution is 7.90. The van der Waals surface area contributed by atoms with E-state index in [9.17, 15) is 22.3 Å². The third-order valence-electron chi connectivity index (χ3n) is 5.54. The topological polar surface area (TPSA) is 98.0 Å². The maximum atomic E-state index is 14.7. The summed E-state index contributed by atoms with van der Waals surface area (Å²) >= 11 is 0. The first kappa shape index (κ1) is 22.0. The van der Waals surface area contributed by atoms with Gasteiger partial charge in [0, 0.05) is 34.9 Å². The Balaban J connectivity index is 1.81. The molecule has 7 nitrogen and oxygen atoms in total. The van der Waals surface area contributed by atoms with Crippen molar-refractivity contribution in [1.82, 2.24) is 19.7 Å². The number of sulfone groups is 1. The Morgan fingerprint density at radius 3 is 2.56 bits per heavy atom. The van der Waals surface area contributed by atoms with Gasteiger partial charge in [-0.2, -0.15) is 5.10 Å². The molecular formula is C22H20F2N4O3S. The van der Waals surface area contributed by atoms with Crippen molar-refractivity contribution in [2.45, 2.75) is 29.9 Å². The maximum absolute atomic E-state index is 14.7. The van der Waals surface area contributed by atoms with E-state index in [4.69, 9.17) is 0 Å². The van der Waals surface area contributed by atoms with E-state index in [1.165, 1.54) is 35.5 Å². The number of benzene rings is 2. The average molecular weight is 458 g/mol. The highest BCUT2D eigenvalue weighted by Gasteiger charge is 2.40. The van der Waals surface area contributed by atoms with Crippen molar-refractivity contribution < 1.29 is 22.3 Å². The second-order valence-electron chi connectivity index (χ2n) is 7.73. The summed E-state index contributed by atoms with van der Waals surface area (Å²) in [6.45, 7) is 1.53. The zero-order chi connectivity index (χ0) is 23.1. The lowest BCUT2D eigenvalue weighted by molar-refractivity contribution is -0.0122. The fourth-order valence-corrected chi connectivity index (χ4v) is 4.35. The summed E-state index contributed by atoms with van der Waals surface area (Å²) in [6.07, 6.45) is 3.80. The largest absolute Gasteiger partial charge is 0.382 e. The number of fused-ring (bicyclic) bond motifs is 1. The Kier molecular flexibility index (Phi) is 5.51. The quantitative estimate of drug-likeness (QED) is 0.477. The van der Waals surface area contributed by atoms with Gasteiger partial charge in [-0.25, -0.2) is 26.9 Å². The smallest absolute Gasteiger partial charge is 0.175 e. The van der Waals surface area contributed by atoms with E-state index in [2.05, 4.69) is 15.1 Å². The molecule has 2 heterocycles. The van der Waals surface area contributed by atoms with Gasteiger partial charge in [0.15, 0.2) is 9.84 Å². The van der Waals surface area contributed by atoms with E-state index in [1.807, 2.05) is 0 Å². The second-order valence-corrected chi connectivity index (χ2v) is 9.74. The minimum Gasteiger partial charge on any atom is -0.382 e. The van der Waals surface area contributed by atoms with E-state index in [1.54, 1.807) is 25.1 Å². The molecule has 0 bridgehead atoms. The van der Waals surface area contributed by atoms with Crippen molar-refractivity contribution >= 4 is 20.7 Å². The molecule has 2 atom stereocenters. The fraction of sp³-hybridized carbons (Fsp3) is 0.227. The summed E-state index contributed by atoms with van der Waals surface area (Å²) in [7, 11) is -3.37. The summed E-state index contributed by atoms with van der Waals surface area (Å²) in [6, 6.07) is 10.9. The predicted octanol–water partition coefficient (Wildman–Crippen LogP) is 3.20. The zero-order valence-electron chi connectivity index (χ0n) is 17.3. The molecule has 0 saturated heterocycles. The van der Waals surface area contributed by atoms with Gasteiger partial charge in [-0.05, 0) is 30.3 Å². The summed E-state index contributed by atoms with van der Waals surface area (Å²) in [4.78, 5) is 8.60.